The first-order chi connectivity index (χ1) is 8.70. The molecule has 0 aromatic heterocycles. The fourth-order valence-corrected chi connectivity index (χ4v) is 2.34. The zero-order valence-corrected chi connectivity index (χ0v) is 10.5. The van der Waals surface area contributed by atoms with Crippen molar-refractivity contribution in [1.29, 1.82) is 5.26 Å². The Bertz CT molecular complexity index is 467. The molecule has 1 aromatic rings. The molecule has 0 aliphatic carbocycles. The molecular formula is C14H17N3O. The number of nitriles is 1. The van der Waals surface area contributed by atoms with Gasteiger partial charge in [0.05, 0.1) is 17.2 Å². The summed E-state index contributed by atoms with van der Waals surface area (Å²) in [6, 6.07) is 8.98. The molecule has 2 rings (SSSR count). The van der Waals surface area contributed by atoms with Gasteiger partial charge in [-0.3, -0.25) is 4.79 Å². The molecular weight excluding hydrogens is 226 g/mol. The van der Waals surface area contributed by atoms with Crippen molar-refractivity contribution >= 4 is 11.6 Å². The SMILES string of the molecule is CCC1(C(=O)Nc2ccc(C#N)cc2)CCCN1. The number of anilines is 1. The lowest BCUT2D eigenvalue weighted by molar-refractivity contribution is -0.122. The Hall–Kier alpha value is -1.86. The minimum Gasteiger partial charge on any atom is -0.324 e. The van der Waals surface area contributed by atoms with Crippen molar-refractivity contribution in [1.82, 2.24) is 5.32 Å². The predicted molar refractivity (Wildman–Crippen MR) is 70.0 cm³/mol. The Kier molecular flexibility index (Phi) is 3.63. The number of hydrogen-bond donors (Lipinski definition) is 2. The van der Waals surface area contributed by atoms with Gasteiger partial charge in [0.2, 0.25) is 5.91 Å². The number of nitrogens with one attached hydrogen (secondary N) is 2. The van der Waals surface area contributed by atoms with Crippen LogP contribution >= 0.6 is 0 Å². The van der Waals surface area contributed by atoms with Gasteiger partial charge in [0.25, 0.3) is 0 Å². The molecule has 0 saturated carbocycles. The summed E-state index contributed by atoms with van der Waals surface area (Å²) in [5.41, 5.74) is 0.909. The van der Waals surface area contributed by atoms with E-state index < -0.39 is 5.54 Å². The predicted octanol–water partition coefficient (Wildman–Crippen LogP) is 2.03. The molecule has 0 bridgehead atoms. The van der Waals surface area contributed by atoms with Crippen molar-refractivity contribution in [3.05, 3.63) is 29.8 Å². The molecule has 0 radical (unpaired) electrons. The Morgan fingerprint density at radius 2 is 2.22 bits per heavy atom. The van der Waals surface area contributed by atoms with Crippen LogP contribution in [0.1, 0.15) is 31.7 Å². The lowest BCUT2D eigenvalue weighted by Crippen LogP contribution is -2.50. The van der Waals surface area contributed by atoms with Crippen molar-refractivity contribution in [2.45, 2.75) is 31.7 Å². The molecule has 4 heteroatoms. The van der Waals surface area contributed by atoms with Crippen molar-refractivity contribution < 1.29 is 4.79 Å². The zero-order chi connectivity index (χ0) is 13.0. The van der Waals surface area contributed by atoms with E-state index in [2.05, 4.69) is 16.7 Å². The van der Waals surface area contributed by atoms with Crippen molar-refractivity contribution in [3.8, 4) is 6.07 Å². The van der Waals surface area contributed by atoms with Gasteiger partial charge < -0.3 is 10.6 Å². The van der Waals surface area contributed by atoms with E-state index in [0.717, 1.165) is 31.5 Å². The quantitative estimate of drug-likeness (QED) is 0.853. The molecule has 1 unspecified atom stereocenters. The van der Waals surface area contributed by atoms with Crippen LogP contribution in [-0.4, -0.2) is 18.0 Å². The molecule has 1 saturated heterocycles. The third-order valence-corrected chi connectivity index (χ3v) is 3.55. The van der Waals surface area contributed by atoms with Crippen molar-refractivity contribution in [3.63, 3.8) is 0 Å². The average molecular weight is 243 g/mol. The summed E-state index contributed by atoms with van der Waals surface area (Å²) in [7, 11) is 0. The van der Waals surface area contributed by atoms with E-state index in [0.29, 0.717) is 5.56 Å². The lowest BCUT2D eigenvalue weighted by Gasteiger charge is -2.26. The largest absolute Gasteiger partial charge is 0.324 e. The van der Waals surface area contributed by atoms with E-state index >= 15 is 0 Å². The fourth-order valence-electron chi connectivity index (χ4n) is 2.34. The van der Waals surface area contributed by atoms with Gasteiger partial charge in [0.15, 0.2) is 0 Å². The number of carbonyl (C=O) groups is 1. The Morgan fingerprint density at radius 3 is 2.72 bits per heavy atom. The molecule has 2 N–H and O–H groups in total. The van der Waals surface area contributed by atoms with Gasteiger partial charge in [-0.15, -0.1) is 0 Å². The molecule has 1 heterocycles. The maximum absolute atomic E-state index is 12.3. The summed E-state index contributed by atoms with van der Waals surface area (Å²) in [6.07, 6.45) is 2.70. The first-order valence-electron chi connectivity index (χ1n) is 6.27. The van der Waals surface area contributed by atoms with Gasteiger partial charge in [-0.2, -0.15) is 5.26 Å². The van der Waals surface area contributed by atoms with Gasteiger partial charge in [0.1, 0.15) is 0 Å². The standard InChI is InChI=1S/C14H17N3O/c1-2-14(8-3-9-16-14)13(18)17-12-6-4-11(10-15)5-7-12/h4-7,16H,2-3,8-9H2,1H3,(H,17,18). The number of benzene rings is 1. The smallest absolute Gasteiger partial charge is 0.244 e. The van der Waals surface area contributed by atoms with E-state index in [1.54, 1.807) is 24.3 Å². The van der Waals surface area contributed by atoms with Crippen molar-refractivity contribution in [2.24, 2.45) is 0 Å². The molecule has 1 amide bonds. The second-order valence-corrected chi connectivity index (χ2v) is 4.61. The molecule has 1 aliphatic rings. The summed E-state index contributed by atoms with van der Waals surface area (Å²) in [5.74, 6) is 0.0206. The van der Waals surface area contributed by atoms with E-state index in [4.69, 9.17) is 5.26 Å². The fraction of sp³-hybridized carbons (Fsp3) is 0.429. The molecule has 1 aliphatic heterocycles. The highest BCUT2D eigenvalue weighted by molar-refractivity contribution is 5.98. The first-order valence-corrected chi connectivity index (χ1v) is 6.27. The topological polar surface area (TPSA) is 64.9 Å². The summed E-state index contributed by atoms with van der Waals surface area (Å²) in [6.45, 7) is 2.92. The Labute approximate surface area is 107 Å². The third kappa shape index (κ3) is 2.36. The Morgan fingerprint density at radius 1 is 1.50 bits per heavy atom. The van der Waals surface area contributed by atoms with E-state index in [-0.39, 0.29) is 5.91 Å². The minimum atomic E-state index is -0.423. The van der Waals surface area contributed by atoms with Crippen LogP contribution in [0, 0.1) is 11.3 Å². The minimum absolute atomic E-state index is 0.0206. The number of hydrogen-bond acceptors (Lipinski definition) is 3. The van der Waals surface area contributed by atoms with E-state index in [9.17, 15) is 4.79 Å². The zero-order valence-electron chi connectivity index (χ0n) is 10.5. The second-order valence-electron chi connectivity index (χ2n) is 4.61. The summed E-state index contributed by atoms with van der Waals surface area (Å²) < 4.78 is 0. The average Bonchev–Trinajstić information content (AvgIpc) is 2.89. The van der Waals surface area contributed by atoms with Crippen LogP contribution in [0.3, 0.4) is 0 Å². The molecule has 94 valence electrons. The van der Waals surface area contributed by atoms with Crippen LogP contribution in [0.25, 0.3) is 0 Å². The highest BCUT2D eigenvalue weighted by atomic mass is 16.2. The number of carbonyl (C=O) groups excluding carboxylic acids is 1. The van der Waals surface area contributed by atoms with Crippen LogP contribution in [0.4, 0.5) is 5.69 Å². The van der Waals surface area contributed by atoms with Crippen LogP contribution in [0.15, 0.2) is 24.3 Å². The van der Waals surface area contributed by atoms with Gasteiger partial charge in [-0.05, 0) is 50.1 Å². The van der Waals surface area contributed by atoms with Crippen LogP contribution < -0.4 is 10.6 Å². The van der Waals surface area contributed by atoms with Gasteiger partial charge in [-0.25, -0.2) is 0 Å². The van der Waals surface area contributed by atoms with Crippen LogP contribution in [0.5, 0.6) is 0 Å². The van der Waals surface area contributed by atoms with Gasteiger partial charge in [-0.1, -0.05) is 6.92 Å². The van der Waals surface area contributed by atoms with Crippen LogP contribution in [0.2, 0.25) is 0 Å². The van der Waals surface area contributed by atoms with Gasteiger partial charge in [0, 0.05) is 5.69 Å². The molecule has 4 nitrogen and oxygen atoms in total. The van der Waals surface area contributed by atoms with Crippen molar-refractivity contribution in [2.75, 3.05) is 11.9 Å². The molecule has 1 fully saturated rings. The number of rotatable bonds is 3. The molecule has 1 aromatic carbocycles. The maximum atomic E-state index is 12.3. The highest BCUT2D eigenvalue weighted by Crippen LogP contribution is 2.24. The lowest BCUT2D eigenvalue weighted by atomic mass is 9.93. The van der Waals surface area contributed by atoms with Crippen LogP contribution in [-0.2, 0) is 4.79 Å². The maximum Gasteiger partial charge on any atom is 0.244 e. The molecule has 1 atom stereocenters. The summed E-state index contributed by atoms with van der Waals surface area (Å²) in [4.78, 5) is 12.3. The number of amides is 1. The molecule has 0 spiro atoms. The second kappa shape index (κ2) is 5.19. The number of nitrogens with zero attached hydrogens (tertiary/aromatic N) is 1. The first kappa shape index (κ1) is 12.6. The normalized spacial score (nSPS) is 22.4. The molecule has 18 heavy (non-hydrogen) atoms. The summed E-state index contributed by atoms with van der Waals surface area (Å²) >= 11 is 0. The van der Waals surface area contributed by atoms with E-state index in [1.807, 2.05) is 6.92 Å². The summed E-state index contributed by atoms with van der Waals surface area (Å²) in [5, 5.41) is 14.9. The highest BCUT2D eigenvalue weighted by Gasteiger charge is 2.38. The van der Waals surface area contributed by atoms with E-state index in [1.165, 1.54) is 0 Å². The Balaban J connectivity index is 2.08. The monoisotopic (exact) mass is 243 g/mol. The third-order valence-electron chi connectivity index (χ3n) is 3.55. The van der Waals surface area contributed by atoms with Gasteiger partial charge >= 0.3 is 0 Å².